The van der Waals surface area contributed by atoms with Crippen LogP contribution in [0.3, 0.4) is 0 Å². The summed E-state index contributed by atoms with van der Waals surface area (Å²) in [6.45, 7) is 2.21. The van der Waals surface area contributed by atoms with Crippen molar-refractivity contribution in [3.05, 3.63) is 112 Å². The molecule has 4 rings (SSSR count). The monoisotopic (exact) mass is 546 g/mol. The second-order valence-corrected chi connectivity index (χ2v) is 9.42. The van der Waals surface area contributed by atoms with Gasteiger partial charge in [0.2, 0.25) is 0 Å². The van der Waals surface area contributed by atoms with Gasteiger partial charge in [-0.3, -0.25) is 0 Å². The van der Waals surface area contributed by atoms with E-state index in [2.05, 4.69) is 47.5 Å². The van der Waals surface area contributed by atoms with Crippen molar-refractivity contribution in [2.75, 3.05) is 0 Å². The molecule has 0 saturated heterocycles. The lowest BCUT2D eigenvalue weighted by Gasteiger charge is -2.09. The Hall–Kier alpha value is -4.29. The number of ether oxygens (including phenoxy) is 1. The van der Waals surface area contributed by atoms with Crippen LogP contribution in [0.15, 0.2) is 72.8 Å². The molecule has 204 valence electrons. The van der Waals surface area contributed by atoms with Gasteiger partial charge in [0.1, 0.15) is 5.82 Å². The molecule has 0 spiro atoms. The number of hydrogen-bond donors (Lipinski definition) is 0. The van der Waals surface area contributed by atoms with Gasteiger partial charge in [-0.1, -0.05) is 80.6 Å². The summed E-state index contributed by atoms with van der Waals surface area (Å²) >= 11 is 0. The van der Waals surface area contributed by atoms with E-state index >= 15 is 4.39 Å². The maximum absolute atomic E-state index is 15.1. The molecule has 0 bridgehead atoms. The Morgan fingerprint density at radius 1 is 0.675 bits per heavy atom. The Balaban J connectivity index is 1.44. The fourth-order valence-corrected chi connectivity index (χ4v) is 4.22. The molecule has 40 heavy (non-hydrogen) atoms. The Morgan fingerprint density at radius 3 is 2.05 bits per heavy atom. The van der Waals surface area contributed by atoms with E-state index in [4.69, 9.17) is 0 Å². The van der Waals surface area contributed by atoms with Gasteiger partial charge >= 0.3 is 6.36 Å². The van der Waals surface area contributed by atoms with Crippen LogP contribution in [0.5, 0.6) is 5.75 Å². The van der Waals surface area contributed by atoms with Gasteiger partial charge in [-0.05, 0) is 72.3 Å². The predicted octanol–water partition coefficient (Wildman–Crippen LogP) is 9.33. The average Bonchev–Trinajstić information content (AvgIpc) is 2.93. The molecule has 0 aliphatic carbocycles. The molecule has 6 heteroatoms. The molecule has 0 aliphatic rings. The molecule has 0 N–H and O–H groups in total. The third-order valence-electron chi connectivity index (χ3n) is 6.33. The first-order chi connectivity index (χ1) is 19.2. The Bertz CT molecular complexity index is 1600. The van der Waals surface area contributed by atoms with Crippen LogP contribution in [-0.4, -0.2) is 6.36 Å². The number of unbranched alkanes of at least 4 members (excludes halogenated alkanes) is 4. The van der Waals surface area contributed by atoms with E-state index in [1.165, 1.54) is 49.8 Å². The summed E-state index contributed by atoms with van der Waals surface area (Å²) in [6, 6.07) is 19.4. The lowest BCUT2D eigenvalue weighted by Crippen LogP contribution is -2.17. The molecule has 0 amide bonds. The Morgan fingerprint density at radius 2 is 1.32 bits per heavy atom. The molecular formula is C34H27F5O. The molecule has 0 saturated carbocycles. The maximum Gasteiger partial charge on any atom is 0.573 e. The average molecular weight is 547 g/mol. The van der Waals surface area contributed by atoms with Crippen molar-refractivity contribution in [1.82, 2.24) is 0 Å². The highest BCUT2D eigenvalue weighted by Gasteiger charge is 2.32. The number of fused-ring (bicyclic) bond motifs is 1. The lowest BCUT2D eigenvalue weighted by atomic mass is 10.0. The molecule has 4 aromatic carbocycles. The fraction of sp³-hybridized carbons (Fsp3) is 0.235. The number of halogens is 5. The van der Waals surface area contributed by atoms with Crippen LogP contribution >= 0.6 is 0 Å². The highest BCUT2D eigenvalue weighted by Crippen LogP contribution is 2.26. The zero-order chi connectivity index (χ0) is 28.5. The van der Waals surface area contributed by atoms with Crippen LogP contribution in [0, 0.1) is 35.3 Å². The minimum atomic E-state index is -5.01. The summed E-state index contributed by atoms with van der Waals surface area (Å²) in [5.41, 5.74) is 3.10. The third-order valence-corrected chi connectivity index (χ3v) is 6.33. The number of alkyl halides is 3. The fourth-order valence-electron chi connectivity index (χ4n) is 4.22. The van der Waals surface area contributed by atoms with Crippen LogP contribution in [0.1, 0.15) is 66.8 Å². The smallest absolute Gasteiger partial charge is 0.403 e. The van der Waals surface area contributed by atoms with Crippen LogP contribution < -0.4 is 4.74 Å². The van der Waals surface area contributed by atoms with Crippen LogP contribution in [-0.2, 0) is 6.42 Å². The summed E-state index contributed by atoms with van der Waals surface area (Å²) in [7, 11) is 0. The molecule has 0 aromatic heterocycles. The first-order valence-corrected chi connectivity index (χ1v) is 13.1. The van der Waals surface area contributed by atoms with Crippen LogP contribution in [0.25, 0.3) is 10.8 Å². The quantitative estimate of drug-likeness (QED) is 0.128. The van der Waals surface area contributed by atoms with Crippen molar-refractivity contribution in [3.8, 4) is 29.4 Å². The zero-order valence-electron chi connectivity index (χ0n) is 22.0. The van der Waals surface area contributed by atoms with Gasteiger partial charge in [0.05, 0.1) is 5.56 Å². The van der Waals surface area contributed by atoms with Crippen molar-refractivity contribution < 1.29 is 26.7 Å². The molecule has 4 aromatic rings. The van der Waals surface area contributed by atoms with E-state index in [1.54, 1.807) is 24.3 Å². The van der Waals surface area contributed by atoms with Crippen molar-refractivity contribution in [1.29, 1.82) is 0 Å². The molecule has 0 heterocycles. The molecule has 0 unspecified atom stereocenters. The van der Waals surface area contributed by atoms with Crippen molar-refractivity contribution in [3.63, 3.8) is 0 Å². The van der Waals surface area contributed by atoms with E-state index in [-0.39, 0.29) is 11.1 Å². The molecule has 0 radical (unpaired) electrons. The van der Waals surface area contributed by atoms with Crippen molar-refractivity contribution in [2.24, 2.45) is 0 Å². The van der Waals surface area contributed by atoms with Crippen molar-refractivity contribution in [2.45, 2.75) is 51.8 Å². The summed E-state index contributed by atoms with van der Waals surface area (Å²) < 4.78 is 69.6. The van der Waals surface area contributed by atoms with E-state index in [9.17, 15) is 17.6 Å². The van der Waals surface area contributed by atoms with Crippen LogP contribution in [0.4, 0.5) is 22.0 Å². The minimum Gasteiger partial charge on any atom is -0.403 e. The molecule has 0 aliphatic heterocycles. The molecule has 1 nitrogen and oxygen atoms in total. The third kappa shape index (κ3) is 8.10. The lowest BCUT2D eigenvalue weighted by molar-refractivity contribution is -0.275. The molecular weight excluding hydrogens is 519 g/mol. The van der Waals surface area contributed by atoms with E-state index < -0.39 is 23.7 Å². The topological polar surface area (TPSA) is 9.23 Å². The predicted molar refractivity (Wildman–Crippen MR) is 148 cm³/mol. The largest absolute Gasteiger partial charge is 0.573 e. The summed E-state index contributed by atoms with van der Waals surface area (Å²) in [5, 5.41) is 0.994. The molecule has 0 fully saturated rings. The van der Waals surface area contributed by atoms with E-state index in [0.29, 0.717) is 10.8 Å². The van der Waals surface area contributed by atoms with Gasteiger partial charge < -0.3 is 4.74 Å². The number of rotatable bonds is 7. The minimum absolute atomic E-state index is 0.0767. The van der Waals surface area contributed by atoms with Crippen molar-refractivity contribution >= 4 is 10.8 Å². The molecule has 0 atom stereocenters. The second kappa shape index (κ2) is 13.2. The summed E-state index contributed by atoms with van der Waals surface area (Å²) in [5.74, 6) is 8.76. The van der Waals surface area contributed by atoms with Gasteiger partial charge in [0, 0.05) is 22.1 Å². The standard InChI is InChI=1S/C34H27F5O/c1-2-3-4-5-6-7-24-8-10-25(11-9-24)12-13-26-15-20-30-29(22-26)19-18-28(33(30)36)17-14-27-16-21-32(31(35)23-27)40-34(37,38)39/h8-11,15-16,18-23H,2-7H2,1H3. The Labute approximate surface area is 231 Å². The highest BCUT2D eigenvalue weighted by molar-refractivity contribution is 5.86. The zero-order valence-corrected chi connectivity index (χ0v) is 22.0. The van der Waals surface area contributed by atoms with E-state index in [1.807, 2.05) is 12.1 Å². The normalized spacial score (nSPS) is 10.9. The SMILES string of the molecule is CCCCCCCc1ccc(C#Cc2ccc3c(F)c(C#Cc4ccc(OC(F)(F)F)c(F)c4)ccc3c2)cc1. The summed E-state index contributed by atoms with van der Waals surface area (Å²) in [6.07, 6.45) is 2.33. The van der Waals surface area contributed by atoms with Gasteiger partial charge in [-0.2, -0.15) is 0 Å². The van der Waals surface area contributed by atoms with Crippen LogP contribution in [0.2, 0.25) is 0 Å². The second-order valence-electron chi connectivity index (χ2n) is 9.42. The van der Waals surface area contributed by atoms with E-state index in [0.717, 1.165) is 29.7 Å². The Kier molecular flexibility index (Phi) is 9.46. The first-order valence-electron chi connectivity index (χ1n) is 13.1. The number of benzene rings is 4. The number of aryl methyl sites for hydroxylation is 1. The van der Waals surface area contributed by atoms with Gasteiger partial charge in [-0.15, -0.1) is 13.2 Å². The maximum atomic E-state index is 15.1. The summed E-state index contributed by atoms with van der Waals surface area (Å²) in [4.78, 5) is 0. The first kappa shape index (κ1) is 28.7. The van der Waals surface area contributed by atoms with Gasteiger partial charge in [0.25, 0.3) is 0 Å². The van der Waals surface area contributed by atoms with Gasteiger partial charge in [0.15, 0.2) is 11.6 Å². The van der Waals surface area contributed by atoms with Gasteiger partial charge in [-0.25, -0.2) is 8.78 Å². The number of hydrogen-bond acceptors (Lipinski definition) is 1. The highest BCUT2D eigenvalue weighted by atomic mass is 19.4.